The lowest BCUT2D eigenvalue weighted by molar-refractivity contribution is -0.130. The van der Waals surface area contributed by atoms with Crippen LogP contribution in [0.1, 0.15) is 81.8 Å². The van der Waals surface area contributed by atoms with Crippen molar-refractivity contribution in [3.8, 4) is 11.1 Å². The normalized spacial score (nSPS) is 16.6. The second kappa shape index (κ2) is 16.3. The average Bonchev–Trinajstić information content (AvgIpc) is 3.46. The number of fused-ring (bicyclic) bond motifs is 1. The fourth-order valence-corrected chi connectivity index (χ4v) is 6.54. The number of aryl methyl sites for hydroxylation is 1. The Kier molecular flexibility index (Phi) is 11.9. The number of rotatable bonds is 11. The van der Waals surface area contributed by atoms with E-state index in [0.717, 1.165) is 35.1 Å². The maximum absolute atomic E-state index is 13.8. The number of H-pyrrole nitrogens is 2. The molecule has 12 nitrogen and oxygen atoms in total. The summed E-state index contributed by atoms with van der Waals surface area (Å²) in [5.41, 5.74) is 4.60. The van der Waals surface area contributed by atoms with Crippen LogP contribution < -0.4 is 26.8 Å². The number of hydrogen-bond acceptors (Lipinski definition) is 6. The molecule has 1 saturated carbocycles. The number of nitrogens with one attached hydrogen (secondary N) is 6. The summed E-state index contributed by atoms with van der Waals surface area (Å²) in [5, 5.41) is 17.5. The standard InChI is InChI=1S/C40H50N6O6/c1-23(2)42-36(48)29-15-17-31(24(3)19-29)27-11-7-25(8-12-27)20-34(38(50)43-30-16-18-32-33(21-30)45-46-37(32)49)44-35(47)28-13-9-26(10-14-28)22-41-39(51)52-40(4,5)6/h7-8,11-12,15-19,21,23,26,28,34H,9-10,13-14,20,22H2,1-6H3,(H,41,51)(H,42,48)(H,43,50)(H,44,47)(H2,45,46,49). The van der Waals surface area contributed by atoms with Crippen molar-refractivity contribution in [1.29, 1.82) is 0 Å². The number of alkyl carbamates (subject to hydrolysis) is 1. The Morgan fingerprint density at radius 2 is 1.60 bits per heavy atom. The molecule has 4 aromatic rings. The minimum atomic E-state index is -0.869. The molecule has 1 fully saturated rings. The average molecular weight is 711 g/mol. The molecule has 0 aliphatic heterocycles. The Bertz CT molecular complexity index is 1960. The molecule has 1 aliphatic rings. The second-order valence-electron chi connectivity index (χ2n) is 15.0. The van der Waals surface area contributed by atoms with Gasteiger partial charge in [0.15, 0.2) is 0 Å². The van der Waals surface area contributed by atoms with Gasteiger partial charge < -0.3 is 26.0 Å². The predicted molar refractivity (Wildman–Crippen MR) is 202 cm³/mol. The molecule has 0 bridgehead atoms. The highest BCUT2D eigenvalue weighted by molar-refractivity contribution is 5.99. The lowest BCUT2D eigenvalue weighted by atomic mass is 9.81. The topological polar surface area (TPSA) is 174 Å². The van der Waals surface area contributed by atoms with E-state index >= 15 is 0 Å². The summed E-state index contributed by atoms with van der Waals surface area (Å²) in [6.07, 6.45) is 2.63. The van der Waals surface area contributed by atoms with E-state index in [1.807, 2.05) is 84.0 Å². The van der Waals surface area contributed by atoms with Crippen molar-refractivity contribution in [2.75, 3.05) is 11.9 Å². The molecule has 0 saturated heterocycles. The lowest BCUT2D eigenvalue weighted by Gasteiger charge is -2.29. The molecule has 5 rings (SSSR count). The fourth-order valence-electron chi connectivity index (χ4n) is 6.54. The summed E-state index contributed by atoms with van der Waals surface area (Å²) in [4.78, 5) is 64.0. The molecular weight excluding hydrogens is 660 g/mol. The molecule has 0 spiro atoms. The van der Waals surface area contributed by atoms with Gasteiger partial charge in [-0.3, -0.25) is 29.4 Å². The first-order valence-corrected chi connectivity index (χ1v) is 17.9. The van der Waals surface area contributed by atoms with Crippen LogP contribution >= 0.6 is 0 Å². The molecule has 52 heavy (non-hydrogen) atoms. The zero-order chi connectivity index (χ0) is 37.6. The third-order valence-electron chi connectivity index (χ3n) is 9.24. The lowest BCUT2D eigenvalue weighted by Crippen LogP contribution is -2.48. The Labute approximate surface area is 303 Å². The van der Waals surface area contributed by atoms with Crippen LogP contribution in [-0.2, 0) is 20.7 Å². The molecule has 4 amide bonds. The van der Waals surface area contributed by atoms with Gasteiger partial charge in [-0.15, -0.1) is 0 Å². The van der Waals surface area contributed by atoms with E-state index in [2.05, 4.69) is 31.5 Å². The highest BCUT2D eigenvalue weighted by Gasteiger charge is 2.30. The number of aromatic amines is 2. The smallest absolute Gasteiger partial charge is 0.407 e. The van der Waals surface area contributed by atoms with Crippen molar-refractivity contribution in [2.45, 2.75) is 91.3 Å². The number of hydrogen-bond donors (Lipinski definition) is 6. The van der Waals surface area contributed by atoms with E-state index in [1.54, 1.807) is 18.2 Å². The van der Waals surface area contributed by atoms with Crippen LogP contribution in [0.5, 0.6) is 0 Å². The summed E-state index contributed by atoms with van der Waals surface area (Å²) in [5.74, 6) is -0.698. The number of carbonyl (C=O) groups is 4. The van der Waals surface area contributed by atoms with Crippen molar-refractivity contribution < 1.29 is 23.9 Å². The van der Waals surface area contributed by atoms with E-state index in [0.29, 0.717) is 41.5 Å². The summed E-state index contributed by atoms with van der Waals surface area (Å²) in [6.45, 7) is 11.8. The van der Waals surface area contributed by atoms with Crippen molar-refractivity contribution in [1.82, 2.24) is 26.1 Å². The maximum atomic E-state index is 13.8. The number of anilines is 1. The van der Waals surface area contributed by atoms with Gasteiger partial charge in [-0.05, 0) is 126 Å². The highest BCUT2D eigenvalue weighted by atomic mass is 16.6. The number of benzene rings is 3. The zero-order valence-corrected chi connectivity index (χ0v) is 30.8. The van der Waals surface area contributed by atoms with Crippen LogP contribution in [0.2, 0.25) is 0 Å². The van der Waals surface area contributed by atoms with Gasteiger partial charge in [0.2, 0.25) is 11.8 Å². The number of aromatic nitrogens is 2. The second-order valence-corrected chi connectivity index (χ2v) is 15.0. The Hall–Kier alpha value is -5.39. The van der Waals surface area contributed by atoms with Gasteiger partial charge >= 0.3 is 6.09 Å². The summed E-state index contributed by atoms with van der Waals surface area (Å²) >= 11 is 0. The minimum Gasteiger partial charge on any atom is -0.444 e. The van der Waals surface area contributed by atoms with Gasteiger partial charge in [-0.2, -0.15) is 0 Å². The first kappa shape index (κ1) is 37.9. The zero-order valence-electron chi connectivity index (χ0n) is 30.8. The summed E-state index contributed by atoms with van der Waals surface area (Å²) < 4.78 is 5.34. The molecule has 1 aliphatic carbocycles. The van der Waals surface area contributed by atoms with E-state index in [-0.39, 0.29) is 47.6 Å². The Morgan fingerprint density at radius 1 is 0.885 bits per heavy atom. The van der Waals surface area contributed by atoms with Crippen molar-refractivity contribution in [2.24, 2.45) is 11.8 Å². The van der Waals surface area contributed by atoms with Crippen LogP contribution in [0.25, 0.3) is 22.0 Å². The monoisotopic (exact) mass is 710 g/mol. The Balaban J connectivity index is 1.26. The molecule has 276 valence electrons. The molecule has 3 aromatic carbocycles. The molecule has 1 atom stereocenters. The third-order valence-corrected chi connectivity index (χ3v) is 9.24. The largest absolute Gasteiger partial charge is 0.444 e. The molecule has 1 heterocycles. The first-order valence-electron chi connectivity index (χ1n) is 17.9. The first-order chi connectivity index (χ1) is 24.6. The molecule has 1 unspecified atom stereocenters. The number of ether oxygens (including phenoxy) is 1. The summed E-state index contributed by atoms with van der Waals surface area (Å²) in [6, 6.07) is 17.6. The van der Waals surface area contributed by atoms with Crippen LogP contribution in [0.15, 0.2) is 65.5 Å². The number of amides is 4. The van der Waals surface area contributed by atoms with Crippen LogP contribution in [0, 0.1) is 18.8 Å². The van der Waals surface area contributed by atoms with E-state index in [1.165, 1.54) is 0 Å². The highest BCUT2D eigenvalue weighted by Crippen LogP contribution is 2.29. The van der Waals surface area contributed by atoms with E-state index in [9.17, 15) is 24.0 Å². The van der Waals surface area contributed by atoms with Crippen LogP contribution in [0.3, 0.4) is 0 Å². The van der Waals surface area contributed by atoms with Gasteiger partial charge in [0.05, 0.1) is 10.9 Å². The van der Waals surface area contributed by atoms with E-state index in [4.69, 9.17) is 4.74 Å². The third kappa shape index (κ3) is 10.1. The molecular formula is C40H50N6O6. The van der Waals surface area contributed by atoms with E-state index < -0.39 is 17.7 Å². The van der Waals surface area contributed by atoms with Gasteiger partial charge in [0.1, 0.15) is 11.6 Å². The van der Waals surface area contributed by atoms with Crippen LogP contribution in [-0.4, -0.2) is 58.2 Å². The minimum absolute atomic E-state index is 0.0407. The van der Waals surface area contributed by atoms with Crippen molar-refractivity contribution in [3.05, 3.63) is 87.7 Å². The maximum Gasteiger partial charge on any atom is 0.407 e. The van der Waals surface area contributed by atoms with Crippen molar-refractivity contribution in [3.63, 3.8) is 0 Å². The molecule has 1 aromatic heterocycles. The quantitative estimate of drug-likeness (QED) is 0.112. The predicted octanol–water partition coefficient (Wildman–Crippen LogP) is 5.97. The molecule has 6 N–H and O–H groups in total. The fraction of sp³-hybridized carbons (Fsp3) is 0.425. The SMILES string of the molecule is Cc1cc(C(=O)NC(C)C)ccc1-c1ccc(CC(NC(=O)C2CCC(CNC(=O)OC(C)(C)C)CC2)C(=O)Nc2ccc3c(=O)[nH][nH]c3c2)cc1. The molecule has 12 heteroatoms. The van der Waals surface area contributed by atoms with Gasteiger partial charge in [0.25, 0.3) is 11.5 Å². The van der Waals surface area contributed by atoms with Crippen molar-refractivity contribution >= 4 is 40.4 Å². The van der Waals surface area contributed by atoms with Crippen LogP contribution in [0.4, 0.5) is 10.5 Å². The number of carbonyl (C=O) groups excluding carboxylic acids is 4. The summed E-state index contributed by atoms with van der Waals surface area (Å²) in [7, 11) is 0. The Morgan fingerprint density at radius 3 is 2.25 bits per heavy atom. The van der Waals surface area contributed by atoms with Gasteiger partial charge in [-0.25, -0.2) is 4.79 Å². The van der Waals surface area contributed by atoms with Gasteiger partial charge in [0, 0.05) is 36.2 Å². The molecule has 0 radical (unpaired) electrons. The van der Waals surface area contributed by atoms with Gasteiger partial charge in [-0.1, -0.05) is 30.3 Å².